The minimum absolute atomic E-state index is 0.636. The van der Waals surface area contributed by atoms with E-state index in [-0.39, 0.29) is 0 Å². The maximum atomic E-state index is 6.02. The SMILES string of the molecule is c1cc(-c2c3ccccc3c(-c3ccc(-c4nc5ccccc5o4)cc3)c3ccccc23)c2cnccc2c1. The number of aromatic nitrogens is 2. The molecular formula is C36H22N2O. The molecule has 0 aliphatic heterocycles. The van der Waals surface area contributed by atoms with Gasteiger partial charge in [0.15, 0.2) is 5.58 Å². The smallest absolute Gasteiger partial charge is 0.227 e. The first-order valence-electron chi connectivity index (χ1n) is 13.1. The lowest BCUT2D eigenvalue weighted by Gasteiger charge is -2.18. The van der Waals surface area contributed by atoms with E-state index in [1.54, 1.807) is 0 Å². The third-order valence-electron chi connectivity index (χ3n) is 7.60. The van der Waals surface area contributed by atoms with Gasteiger partial charge in [0.2, 0.25) is 5.89 Å². The summed E-state index contributed by atoms with van der Waals surface area (Å²) in [5.41, 5.74) is 7.46. The van der Waals surface area contributed by atoms with Crippen LogP contribution in [-0.2, 0) is 0 Å². The van der Waals surface area contributed by atoms with Crippen molar-refractivity contribution in [3.8, 4) is 33.7 Å². The van der Waals surface area contributed by atoms with Gasteiger partial charge >= 0.3 is 0 Å². The summed E-state index contributed by atoms with van der Waals surface area (Å²) in [6.45, 7) is 0. The molecule has 6 aromatic carbocycles. The molecule has 0 radical (unpaired) electrons. The Hall–Kier alpha value is -5.28. The normalized spacial score (nSPS) is 11.6. The zero-order valence-electron chi connectivity index (χ0n) is 21.0. The molecule has 2 heterocycles. The minimum atomic E-state index is 0.636. The van der Waals surface area contributed by atoms with Crippen LogP contribution in [-0.4, -0.2) is 9.97 Å². The lowest BCUT2D eigenvalue weighted by Crippen LogP contribution is -1.92. The van der Waals surface area contributed by atoms with E-state index in [1.165, 1.54) is 43.6 Å². The van der Waals surface area contributed by atoms with Gasteiger partial charge in [0.1, 0.15) is 5.52 Å². The van der Waals surface area contributed by atoms with Crippen molar-refractivity contribution in [1.29, 1.82) is 0 Å². The van der Waals surface area contributed by atoms with Crippen LogP contribution in [0.15, 0.2) is 138 Å². The van der Waals surface area contributed by atoms with Crippen molar-refractivity contribution in [2.75, 3.05) is 0 Å². The molecule has 0 aliphatic rings. The molecule has 3 nitrogen and oxygen atoms in total. The molecule has 8 rings (SSSR count). The van der Waals surface area contributed by atoms with Crippen molar-refractivity contribution < 1.29 is 4.42 Å². The topological polar surface area (TPSA) is 38.9 Å². The van der Waals surface area contributed by atoms with Crippen molar-refractivity contribution in [3.05, 3.63) is 134 Å². The number of para-hydroxylation sites is 2. The van der Waals surface area contributed by atoms with Gasteiger partial charge in [-0.3, -0.25) is 4.98 Å². The molecule has 0 unspecified atom stereocenters. The van der Waals surface area contributed by atoms with Gasteiger partial charge < -0.3 is 4.42 Å². The molecule has 0 N–H and O–H groups in total. The second kappa shape index (κ2) is 8.64. The summed E-state index contributed by atoms with van der Waals surface area (Å²) in [6, 6.07) is 42.5. The molecule has 0 spiro atoms. The molecular weight excluding hydrogens is 476 g/mol. The molecule has 8 aromatic rings. The summed E-state index contributed by atoms with van der Waals surface area (Å²) in [5, 5.41) is 7.25. The average molecular weight is 499 g/mol. The van der Waals surface area contributed by atoms with Crippen LogP contribution in [0, 0.1) is 0 Å². The fourth-order valence-electron chi connectivity index (χ4n) is 5.84. The molecule has 39 heavy (non-hydrogen) atoms. The van der Waals surface area contributed by atoms with Crippen LogP contribution >= 0.6 is 0 Å². The Labute approximate surface area is 225 Å². The highest BCUT2D eigenvalue weighted by atomic mass is 16.3. The van der Waals surface area contributed by atoms with Gasteiger partial charge in [-0.2, -0.15) is 0 Å². The standard InChI is InChI=1S/C36H22N2O/c1-3-11-28-26(9-1)34(24-16-18-25(19-17-24)36-38-32-14-5-6-15-33(32)39-36)27-10-2-4-12-29(27)35(28)30-13-7-8-23-20-21-37-22-31(23)30/h1-22H. The van der Waals surface area contributed by atoms with Gasteiger partial charge in [-0.25, -0.2) is 4.98 Å². The fourth-order valence-corrected chi connectivity index (χ4v) is 5.84. The molecule has 0 aliphatic carbocycles. The Morgan fingerprint density at radius 1 is 0.487 bits per heavy atom. The first-order valence-corrected chi connectivity index (χ1v) is 13.1. The van der Waals surface area contributed by atoms with E-state index in [0.29, 0.717) is 5.89 Å². The van der Waals surface area contributed by atoms with Crippen molar-refractivity contribution in [1.82, 2.24) is 9.97 Å². The summed E-state index contributed by atoms with van der Waals surface area (Å²) in [4.78, 5) is 9.14. The van der Waals surface area contributed by atoms with Crippen LogP contribution in [0.3, 0.4) is 0 Å². The Balaban J connectivity index is 1.38. The summed E-state index contributed by atoms with van der Waals surface area (Å²) in [6.07, 6.45) is 3.84. The number of pyridine rings is 1. The van der Waals surface area contributed by atoms with Crippen LogP contribution in [0.2, 0.25) is 0 Å². The van der Waals surface area contributed by atoms with Crippen molar-refractivity contribution in [2.24, 2.45) is 0 Å². The Kier molecular flexibility index (Phi) is 4.82. The predicted molar refractivity (Wildman–Crippen MR) is 161 cm³/mol. The molecule has 2 aromatic heterocycles. The Morgan fingerprint density at radius 3 is 1.85 bits per heavy atom. The van der Waals surface area contributed by atoms with E-state index < -0.39 is 0 Å². The van der Waals surface area contributed by atoms with Crippen LogP contribution in [0.5, 0.6) is 0 Å². The molecule has 0 saturated carbocycles. The Morgan fingerprint density at radius 2 is 1.13 bits per heavy atom. The highest BCUT2D eigenvalue weighted by Gasteiger charge is 2.18. The number of benzene rings is 6. The third-order valence-corrected chi connectivity index (χ3v) is 7.60. The van der Waals surface area contributed by atoms with Crippen molar-refractivity contribution in [3.63, 3.8) is 0 Å². The molecule has 0 atom stereocenters. The van der Waals surface area contributed by atoms with Crippen LogP contribution < -0.4 is 0 Å². The molecule has 3 heteroatoms. The second-order valence-corrected chi connectivity index (χ2v) is 9.81. The largest absolute Gasteiger partial charge is 0.436 e. The number of oxazole rings is 1. The number of hydrogen-bond acceptors (Lipinski definition) is 3. The third kappa shape index (κ3) is 3.44. The quantitative estimate of drug-likeness (QED) is 0.228. The number of hydrogen-bond donors (Lipinski definition) is 0. The van der Waals surface area contributed by atoms with Gasteiger partial charge in [-0.15, -0.1) is 0 Å². The number of nitrogens with zero attached hydrogens (tertiary/aromatic N) is 2. The highest BCUT2D eigenvalue weighted by Crippen LogP contribution is 2.45. The van der Waals surface area contributed by atoms with E-state index >= 15 is 0 Å². The first-order chi connectivity index (χ1) is 19.3. The predicted octanol–water partition coefficient (Wildman–Crippen LogP) is 9.68. The zero-order chi connectivity index (χ0) is 25.8. The first kappa shape index (κ1) is 21.8. The van der Waals surface area contributed by atoms with Gasteiger partial charge in [0, 0.05) is 23.3 Å². The van der Waals surface area contributed by atoms with E-state index in [4.69, 9.17) is 4.42 Å². The Bertz CT molecular complexity index is 2080. The molecule has 0 amide bonds. The number of fused-ring (bicyclic) bond motifs is 4. The van der Waals surface area contributed by atoms with E-state index in [2.05, 4.69) is 107 Å². The van der Waals surface area contributed by atoms with E-state index in [0.717, 1.165) is 27.6 Å². The van der Waals surface area contributed by atoms with E-state index in [9.17, 15) is 0 Å². The fraction of sp³-hybridized carbons (Fsp3) is 0. The minimum Gasteiger partial charge on any atom is -0.436 e. The highest BCUT2D eigenvalue weighted by molar-refractivity contribution is 6.23. The van der Waals surface area contributed by atoms with Gasteiger partial charge in [-0.1, -0.05) is 91.0 Å². The lowest BCUT2D eigenvalue weighted by atomic mass is 9.85. The molecule has 0 fully saturated rings. The lowest BCUT2D eigenvalue weighted by molar-refractivity contribution is 0.620. The monoisotopic (exact) mass is 498 g/mol. The molecule has 182 valence electrons. The van der Waals surface area contributed by atoms with Gasteiger partial charge in [0.25, 0.3) is 0 Å². The van der Waals surface area contributed by atoms with Gasteiger partial charge in [-0.05, 0) is 79.5 Å². The van der Waals surface area contributed by atoms with Crippen molar-refractivity contribution >= 4 is 43.4 Å². The van der Waals surface area contributed by atoms with Crippen molar-refractivity contribution in [2.45, 2.75) is 0 Å². The molecule has 0 saturated heterocycles. The average Bonchev–Trinajstić information content (AvgIpc) is 3.44. The number of rotatable bonds is 3. The van der Waals surface area contributed by atoms with Crippen LogP contribution in [0.4, 0.5) is 0 Å². The maximum Gasteiger partial charge on any atom is 0.227 e. The zero-order valence-corrected chi connectivity index (χ0v) is 21.0. The van der Waals surface area contributed by atoms with Crippen LogP contribution in [0.1, 0.15) is 0 Å². The maximum absolute atomic E-state index is 6.02. The van der Waals surface area contributed by atoms with Crippen LogP contribution in [0.25, 0.3) is 77.1 Å². The summed E-state index contributed by atoms with van der Waals surface area (Å²) in [7, 11) is 0. The summed E-state index contributed by atoms with van der Waals surface area (Å²) >= 11 is 0. The summed E-state index contributed by atoms with van der Waals surface area (Å²) < 4.78 is 6.02. The van der Waals surface area contributed by atoms with Gasteiger partial charge in [0.05, 0.1) is 0 Å². The van der Waals surface area contributed by atoms with E-state index in [1.807, 2.05) is 36.7 Å². The molecule has 0 bridgehead atoms. The second-order valence-electron chi connectivity index (χ2n) is 9.81. The summed E-state index contributed by atoms with van der Waals surface area (Å²) in [5.74, 6) is 0.636.